The summed E-state index contributed by atoms with van der Waals surface area (Å²) in [5.41, 5.74) is 4.93. The van der Waals surface area contributed by atoms with E-state index in [2.05, 4.69) is 9.97 Å². The van der Waals surface area contributed by atoms with E-state index in [1.54, 1.807) is 0 Å². The third-order valence-corrected chi connectivity index (χ3v) is 9.43. The normalized spacial score (nSPS) is 11.5. The molecule has 0 aliphatic rings. The number of benzene rings is 2. The molecule has 0 fully saturated rings. The Hall–Kier alpha value is -4.82. The molecular formula is C32H32N2O10S2. The lowest BCUT2D eigenvalue weighted by Crippen LogP contribution is -2.09. The maximum Gasteiger partial charge on any atom is 0.236 e. The zero-order valence-corrected chi connectivity index (χ0v) is 27.6. The van der Waals surface area contributed by atoms with Gasteiger partial charge in [0.15, 0.2) is 32.2 Å². The minimum Gasteiger partial charge on any atom is -0.480 e. The van der Waals surface area contributed by atoms with Crippen molar-refractivity contribution in [3.63, 3.8) is 0 Å². The van der Waals surface area contributed by atoms with Gasteiger partial charge in [0.25, 0.3) is 0 Å². The lowest BCUT2D eigenvalue weighted by molar-refractivity contribution is 0.111. The van der Waals surface area contributed by atoms with Crippen LogP contribution in [0.15, 0.2) is 58.3 Å². The highest BCUT2D eigenvalue weighted by molar-refractivity contribution is 7.91. The zero-order chi connectivity index (χ0) is 33.8. The van der Waals surface area contributed by atoms with Crippen LogP contribution in [0.5, 0.6) is 23.5 Å². The monoisotopic (exact) mass is 668 g/mol. The van der Waals surface area contributed by atoms with Gasteiger partial charge in [0.1, 0.15) is 23.0 Å². The fraction of sp³-hybridized carbons (Fsp3) is 0.250. The molecule has 0 saturated carbocycles. The molecule has 2 heterocycles. The van der Waals surface area contributed by atoms with Gasteiger partial charge in [-0.15, -0.1) is 0 Å². The van der Waals surface area contributed by atoms with E-state index < -0.39 is 19.7 Å². The molecule has 14 heteroatoms. The first-order valence-electron chi connectivity index (χ1n) is 13.6. The Labute approximate surface area is 267 Å². The van der Waals surface area contributed by atoms with E-state index in [1.807, 2.05) is 50.2 Å². The average molecular weight is 669 g/mol. The molecule has 0 unspecified atom stereocenters. The predicted molar refractivity (Wildman–Crippen MR) is 169 cm³/mol. The second kappa shape index (κ2) is 13.7. The first-order chi connectivity index (χ1) is 21.7. The molecular weight excluding hydrogens is 636 g/mol. The first kappa shape index (κ1) is 34.1. The highest BCUT2D eigenvalue weighted by Crippen LogP contribution is 2.34. The first-order valence-corrected chi connectivity index (χ1v) is 17.4. The Morgan fingerprint density at radius 2 is 1.00 bits per heavy atom. The maximum atomic E-state index is 12.4. The van der Waals surface area contributed by atoms with Crippen LogP contribution in [0.25, 0.3) is 11.1 Å². The molecule has 2 aromatic heterocycles. The molecule has 0 bridgehead atoms. The number of rotatable bonds is 13. The molecule has 4 aromatic rings. The molecule has 0 radical (unpaired) electrons. The van der Waals surface area contributed by atoms with Crippen molar-refractivity contribution in [3.8, 4) is 34.6 Å². The van der Waals surface area contributed by atoms with E-state index in [9.17, 15) is 26.4 Å². The lowest BCUT2D eigenvalue weighted by atomic mass is 9.92. The van der Waals surface area contributed by atoms with Crippen LogP contribution >= 0.6 is 0 Å². The fourth-order valence-corrected chi connectivity index (χ4v) is 6.27. The van der Waals surface area contributed by atoms with Gasteiger partial charge in [0, 0.05) is 12.5 Å². The average Bonchev–Trinajstić information content (AvgIpc) is 3.02. The van der Waals surface area contributed by atoms with Crippen LogP contribution in [-0.2, 0) is 32.9 Å². The lowest BCUT2D eigenvalue weighted by Gasteiger charge is -2.18. The minimum atomic E-state index is -3.79. The van der Waals surface area contributed by atoms with Crippen LogP contribution in [0.3, 0.4) is 0 Å². The van der Waals surface area contributed by atoms with Crippen molar-refractivity contribution in [2.24, 2.45) is 0 Å². The van der Waals surface area contributed by atoms with Crippen LogP contribution < -0.4 is 18.9 Å². The van der Waals surface area contributed by atoms with Crippen molar-refractivity contribution in [1.82, 2.24) is 9.97 Å². The highest BCUT2D eigenvalue weighted by Gasteiger charge is 2.23. The number of hydrogen-bond donors (Lipinski definition) is 0. The van der Waals surface area contributed by atoms with Crippen molar-refractivity contribution >= 4 is 32.2 Å². The standard InChI is InChI=1S/C32H32N2O10S2/c1-19-21(17-43-31-27(45(5,37)38)13-23(15-35)29(33-31)41-3)9-7-11-25(19)26-12-8-10-22(20(26)2)18-44-32-28(46(6,39)40)14-24(16-36)30(34-32)42-4/h7-16H,17-18H2,1-6H3. The quantitative estimate of drug-likeness (QED) is 0.185. The smallest absolute Gasteiger partial charge is 0.236 e. The summed E-state index contributed by atoms with van der Waals surface area (Å²) in [6.07, 6.45) is 2.91. The van der Waals surface area contributed by atoms with Gasteiger partial charge in [-0.25, -0.2) is 16.8 Å². The van der Waals surface area contributed by atoms with Gasteiger partial charge in [-0.3, -0.25) is 9.59 Å². The maximum absolute atomic E-state index is 12.4. The second-order valence-electron chi connectivity index (χ2n) is 10.3. The van der Waals surface area contributed by atoms with Crippen molar-refractivity contribution < 1.29 is 45.4 Å². The number of methoxy groups -OCH3 is 2. The van der Waals surface area contributed by atoms with Gasteiger partial charge in [0.2, 0.25) is 23.5 Å². The summed E-state index contributed by atoms with van der Waals surface area (Å²) in [7, 11) is -4.94. The van der Waals surface area contributed by atoms with Crippen molar-refractivity contribution in [3.05, 3.63) is 81.9 Å². The summed E-state index contributed by atoms with van der Waals surface area (Å²) >= 11 is 0. The molecule has 0 aliphatic heterocycles. The summed E-state index contributed by atoms with van der Waals surface area (Å²) in [5.74, 6) is -0.501. The van der Waals surface area contributed by atoms with Crippen LogP contribution in [0.1, 0.15) is 43.0 Å². The molecule has 0 spiro atoms. The summed E-state index contributed by atoms with van der Waals surface area (Å²) in [4.78, 5) is 30.7. The molecule has 2 aromatic carbocycles. The number of aldehydes is 2. The topological polar surface area (TPSA) is 165 Å². The van der Waals surface area contributed by atoms with Crippen LogP contribution in [0.4, 0.5) is 0 Å². The number of pyridine rings is 2. The van der Waals surface area contributed by atoms with Gasteiger partial charge in [-0.05, 0) is 59.4 Å². The highest BCUT2D eigenvalue weighted by atomic mass is 32.2. The molecule has 46 heavy (non-hydrogen) atoms. The number of nitrogens with zero attached hydrogens (tertiary/aromatic N) is 2. The number of carbonyl (C=O) groups excluding carboxylic acids is 2. The van der Waals surface area contributed by atoms with Crippen LogP contribution in [0.2, 0.25) is 0 Å². The summed E-state index contributed by atoms with van der Waals surface area (Å²) in [6, 6.07) is 13.6. The third kappa shape index (κ3) is 7.18. The molecule has 0 saturated heterocycles. The van der Waals surface area contributed by atoms with E-state index in [1.165, 1.54) is 26.4 Å². The predicted octanol–water partition coefficient (Wildman–Crippen LogP) is 4.37. The molecule has 4 rings (SSSR count). The van der Waals surface area contributed by atoms with Gasteiger partial charge in [-0.2, -0.15) is 9.97 Å². The number of carbonyl (C=O) groups is 2. The SMILES string of the molecule is COc1nc(OCc2cccc(-c3cccc(COc4nc(OC)c(C=O)cc4S(C)(=O)=O)c3C)c2C)c(S(C)(=O)=O)cc1C=O. The second-order valence-corrected chi connectivity index (χ2v) is 14.3. The van der Waals surface area contributed by atoms with E-state index in [0.717, 1.165) is 45.9 Å². The molecule has 0 amide bonds. The van der Waals surface area contributed by atoms with Crippen LogP contribution in [0, 0.1) is 13.8 Å². The summed E-state index contributed by atoms with van der Waals surface area (Å²) in [6.45, 7) is 3.75. The summed E-state index contributed by atoms with van der Waals surface area (Å²) < 4.78 is 71.8. The Morgan fingerprint density at radius 3 is 1.30 bits per heavy atom. The van der Waals surface area contributed by atoms with Gasteiger partial charge in [0.05, 0.1) is 25.3 Å². The van der Waals surface area contributed by atoms with E-state index in [0.29, 0.717) is 12.6 Å². The Bertz CT molecular complexity index is 1900. The summed E-state index contributed by atoms with van der Waals surface area (Å²) in [5, 5.41) is 0. The minimum absolute atomic E-state index is 0.0202. The van der Waals surface area contributed by atoms with Gasteiger partial charge < -0.3 is 18.9 Å². The number of hydrogen-bond acceptors (Lipinski definition) is 12. The molecule has 12 nitrogen and oxygen atoms in total. The third-order valence-electron chi connectivity index (χ3n) is 7.25. The Morgan fingerprint density at radius 1 is 0.630 bits per heavy atom. The van der Waals surface area contributed by atoms with E-state index >= 15 is 0 Å². The molecule has 0 atom stereocenters. The van der Waals surface area contributed by atoms with Gasteiger partial charge >= 0.3 is 0 Å². The van der Waals surface area contributed by atoms with Gasteiger partial charge in [-0.1, -0.05) is 36.4 Å². The van der Waals surface area contributed by atoms with E-state index in [4.69, 9.17) is 18.9 Å². The Kier molecular flexibility index (Phi) is 10.1. The number of ether oxygens (including phenoxy) is 4. The molecule has 242 valence electrons. The fourth-order valence-electron chi connectivity index (χ4n) is 4.74. The van der Waals surface area contributed by atoms with Crippen molar-refractivity contribution in [2.75, 3.05) is 26.7 Å². The van der Waals surface area contributed by atoms with Crippen molar-refractivity contribution in [2.45, 2.75) is 36.9 Å². The Balaban J connectivity index is 1.65. The number of aromatic nitrogens is 2. The van der Waals surface area contributed by atoms with Crippen molar-refractivity contribution in [1.29, 1.82) is 0 Å². The van der Waals surface area contributed by atoms with Crippen LogP contribution in [-0.4, -0.2) is 66.1 Å². The number of sulfone groups is 2. The molecule has 0 aliphatic carbocycles. The molecule has 0 N–H and O–H groups in total. The largest absolute Gasteiger partial charge is 0.480 e. The zero-order valence-electron chi connectivity index (χ0n) is 26.0. The van der Waals surface area contributed by atoms with E-state index in [-0.39, 0.29) is 57.7 Å².